The lowest BCUT2D eigenvalue weighted by Gasteiger charge is -1.90. The number of rotatable bonds is 0. The molecule has 0 radical (unpaired) electrons. The number of halogens is 1. The van der Waals surface area contributed by atoms with Gasteiger partial charge >= 0.3 is 0 Å². The average molecular weight is 197 g/mol. The topological polar surface area (TPSA) is 28.7 Å². The van der Waals surface area contributed by atoms with E-state index in [1.165, 1.54) is 5.56 Å². The predicted octanol–water partition coefficient (Wildman–Crippen LogP) is 3.55. The minimum Gasteiger partial charge on any atom is -0.346 e. The Hall–Kier alpha value is -1.02. The Balaban J connectivity index is 0.000000396. The van der Waals surface area contributed by atoms with Crippen molar-refractivity contribution in [3.8, 4) is 0 Å². The molecule has 0 amide bonds. The molecule has 2 rings (SSSR count). The molecule has 0 aliphatic carbocycles. The Labute approximate surface area is 82.9 Å². The first-order valence-corrected chi connectivity index (χ1v) is 4.75. The third-order valence-corrected chi connectivity index (χ3v) is 1.92. The van der Waals surface area contributed by atoms with Gasteiger partial charge in [0.25, 0.3) is 0 Å². The number of nitrogens with one attached hydrogen (secondary N) is 1. The van der Waals surface area contributed by atoms with Crippen molar-refractivity contribution >= 4 is 22.6 Å². The van der Waals surface area contributed by atoms with Gasteiger partial charge in [-0.25, -0.2) is 4.98 Å². The van der Waals surface area contributed by atoms with Crippen LogP contribution in [0.25, 0.3) is 11.0 Å². The Kier molecular flexibility index (Phi) is 3.32. The van der Waals surface area contributed by atoms with E-state index in [9.17, 15) is 0 Å². The zero-order valence-corrected chi connectivity index (χ0v) is 8.81. The number of aryl methyl sites for hydroxylation is 1. The van der Waals surface area contributed by atoms with E-state index < -0.39 is 0 Å². The molecular formula is C10H13ClN2. The number of H-pyrrole nitrogens is 1. The molecule has 3 heteroatoms. The van der Waals surface area contributed by atoms with Crippen molar-refractivity contribution in [2.45, 2.75) is 20.8 Å². The fourth-order valence-electron chi connectivity index (χ4n) is 1.12. The fraction of sp³-hybridized carbons (Fsp3) is 0.300. The molecular weight excluding hydrogens is 184 g/mol. The van der Waals surface area contributed by atoms with Crippen molar-refractivity contribution in [3.63, 3.8) is 0 Å². The number of nitrogens with zero attached hydrogens (tertiary/aromatic N) is 1. The van der Waals surface area contributed by atoms with Crippen LogP contribution in [-0.4, -0.2) is 9.97 Å². The lowest BCUT2D eigenvalue weighted by Crippen LogP contribution is -1.75. The summed E-state index contributed by atoms with van der Waals surface area (Å²) >= 11 is 5.70. The standard InChI is InChI=1S/C8H7ClN2.C2H6/c1-5-4-10-8-6(5)2-3-7(9)11-8;1-2/h2-4H,1H3,(H,10,11);1-2H3. The second-order valence-electron chi connectivity index (χ2n) is 2.50. The molecule has 0 atom stereocenters. The number of pyridine rings is 1. The highest BCUT2D eigenvalue weighted by Crippen LogP contribution is 2.17. The fourth-order valence-corrected chi connectivity index (χ4v) is 1.27. The van der Waals surface area contributed by atoms with Crippen molar-refractivity contribution in [1.82, 2.24) is 9.97 Å². The summed E-state index contributed by atoms with van der Waals surface area (Å²) in [5.41, 5.74) is 2.05. The first-order chi connectivity index (χ1) is 6.27. The van der Waals surface area contributed by atoms with Gasteiger partial charge in [0.15, 0.2) is 0 Å². The number of hydrogen-bond acceptors (Lipinski definition) is 1. The molecule has 0 unspecified atom stereocenters. The van der Waals surface area contributed by atoms with Crippen LogP contribution in [0.15, 0.2) is 18.3 Å². The summed E-state index contributed by atoms with van der Waals surface area (Å²) < 4.78 is 0. The number of hydrogen-bond donors (Lipinski definition) is 1. The molecule has 0 aliphatic rings. The average Bonchev–Trinajstić information content (AvgIpc) is 2.51. The molecule has 0 spiro atoms. The van der Waals surface area contributed by atoms with Gasteiger partial charge in [0.2, 0.25) is 0 Å². The maximum Gasteiger partial charge on any atom is 0.139 e. The molecule has 0 saturated heterocycles. The zero-order chi connectivity index (χ0) is 9.84. The van der Waals surface area contributed by atoms with E-state index in [4.69, 9.17) is 11.6 Å². The molecule has 2 nitrogen and oxygen atoms in total. The maximum absolute atomic E-state index is 5.70. The molecule has 2 heterocycles. The van der Waals surface area contributed by atoms with Gasteiger partial charge in [-0.15, -0.1) is 0 Å². The highest BCUT2D eigenvalue weighted by atomic mass is 35.5. The molecule has 0 aromatic carbocycles. The third-order valence-electron chi connectivity index (χ3n) is 1.71. The lowest BCUT2D eigenvalue weighted by molar-refractivity contribution is 1.32. The molecule has 2 aromatic rings. The van der Waals surface area contributed by atoms with Gasteiger partial charge in [-0.1, -0.05) is 25.4 Å². The molecule has 2 aromatic heterocycles. The van der Waals surface area contributed by atoms with E-state index in [2.05, 4.69) is 9.97 Å². The van der Waals surface area contributed by atoms with Crippen molar-refractivity contribution < 1.29 is 0 Å². The smallest absolute Gasteiger partial charge is 0.139 e. The van der Waals surface area contributed by atoms with Crippen LogP contribution in [0.4, 0.5) is 0 Å². The van der Waals surface area contributed by atoms with Gasteiger partial charge < -0.3 is 4.98 Å². The molecule has 0 bridgehead atoms. The van der Waals surface area contributed by atoms with E-state index in [1.54, 1.807) is 6.07 Å². The van der Waals surface area contributed by atoms with Gasteiger partial charge in [-0.2, -0.15) is 0 Å². The third kappa shape index (κ3) is 2.01. The molecule has 1 N–H and O–H groups in total. The summed E-state index contributed by atoms with van der Waals surface area (Å²) in [6.45, 7) is 6.04. The Morgan fingerprint density at radius 1 is 1.31 bits per heavy atom. The maximum atomic E-state index is 5.70. The first-order valence-electron chi connectivity index (χ1n) is 4.37. The van der Waals surface area contributed by atoms with Crippen LogP contribution in [0.5, 0.6) is 0 Å². The quantitative estimate of drug-likeness (QED) is 0.642. The highest BCUT2D eigenvalue weighted by Gasteiger charge is 1.99. The summed E-state index contributed by atoms with van der Waals surface area (Å²) in [5.74, 6) is 0. The van der Waals surface area contributed by atoms with Gasteiger partial charge in [0.1, 0.15) is 10.8 Å². The predicted molar refractivity (Wildman–Crippen MR) is 57.2 cm³/mol. The monoisotopic (exact) mass is 196 g/mol. The van der Waals surface area contributed by atoms with Crippen molar-refractivity contribution in [2.75, 3.05) is 0 Å². The summed E-state index contributed by atoms with van der Waals surface area (Å²) in [6.07, 6.45) is 1.92. The zero-order valence-electron chi connectivity index (χ0n) is 8.06. The van der Waals surface area contributed by atoms with E-state index in [0.29, 0.717) is 5.15 Å². The second kappa shape index (κ2) is 4.28. The molecule has 13 heavy (non-hydrogen) atoms. The summed E-state index contributed by atoms with van der Waals surface area (Å²) in [5, 5.41) is 1.66. The molecule has 0 fully saturated rings. The minimum atomic E-state index is 0.527. The molecule has 0 aliphatic heterocycles. The van der Waals surface area contributed by atoms with Crippen LogP contribution >= 0.6 is 11.6 Å². The summed E-state index contributed by atoms with van der Waals surface area (Å²) in [4.78, 5) is 7.14. The normalized spacial score (nSPS) is 9.54. The van der Waals surface area contributed by atoms with E-state index in [-0.39, 0.29) is 0 Å². The van der Waals surface area contributed by atoms with Gasteiger partial charge in [-0.3, -0.25) is 0 Å². The van der Waals surface area contributed by atoms with Crippen LogP contribution in [0.1, 0.15) is 19.4 Å². The van der Waals surface area contributed by atoms with Crippen LogP contribution in [0.2, 0.25) is 5.15 Å². The van der Waals surface area contributed by atoms with Crippen LogP contribution in [-0.2, 0) is 0 Å². The summed E-state index contributed by atoms with van der Waals surface area (Å²) in [6, 6.07) is 3.77. The SMILES string of the molecule is CC.Cc1c[nH]c2nc(Cl)ccc12. The minimum absolute atomic E-state index is 0.527. The van der Waals surface area contributed by atoms with E-state index >= 15 is 0 Å². The molecule has 70 valence electrons. The summed E-state index contributed by atoms with van der Waals surface area (Å²) in [7, 11) is 0. The Bertz CT molecular complexity index is 393. The van der Waals surface area contributed by atoms with Crippen LogP contribution in [0.3, 0.4) is 0 Å². The Morgan fingerprint density at radius 3 is 2.69 bits per heavy atom. The van der Waals surface area contributed by atoms with Crippen molar-refractivity contribution in [1.29, 1.82) is 0 Å². The van der Waals surface area contributed by atoms with Gasteiger partial charge in [-0.05, 0) is 24.6 Å². The van der Waals surface area contributed by atoms with E-state index in [1.807, 2.05) is 33.0 Å². The van der Waals surface area contributed by atoms with Crippen LogP contribution in [0, 0.1) is 6.92 Å². The lowest BCUT2D eigenvalue weighted by atomic mass is 10.2. The number of fused-ring (bicyclic) bond motifs is 1. The molecule has 0 saturated carbocycles. The highest BCUT2D eigenvalue weighted by molar-refractivity contribution is 6.29. The number of aromatic nitrogens is 2. The second-order valence-corrected chi connectivity index (χ2v) is 2.89. The van der Waals surface area contributed by atoms with Crippen molar-refractivity contribution in [2.24, 2.45) is 0 Å². The van der Waals surface area contributed by atoms with E-state index in [0.717, 1.165) is 11.0 Å². The first kappa shape index (κ1) is 10.1. The van der Waals surface area contributed by atoms with Crippen LogP contribution < -0.4 is 0 Å². The van der Waals surface area contributed by atoms with Gasteiger partial charge in [0.05, 0.1) is 0 Å². The Morgan fingerprint density at radius 2 is 2.00 bits per heavy atom. The van der Waals surface area contributed by atoms with Crippen molar-refractivity contribution in [3.05, 3.63) is 29.0 Å². The van der Waals surface area contributed by atoms with Gasteiger partial charge in [0, 0.05) is 11.6 Å². The number of aromatic amines is 1. The largest absolute Gasteiger partial charge is 0.346 e.